The Hall–Kier alpha value is -3.36. The Bertz CT molecular complexity index is 929. The predicted octanol–water partition coefficient (Wildman–Crippen LogP) is 2.18. The molecule has 0 bridgehead atoms. The van der Waals surface area contributed by atoms with E-state index in [1.165, 1.54) is 0 Å². The van der Waals surface area contributed by atoms with Crippen molar-refractivity contribution < 1.29 is 57.4 Å². The van der Waals surface area contributed by atoms with Crippen LogP contribution in [0.1, 0.15) is 33.6 Å². The number of ether oxygens (including phenoxy) is 7. The highest BCUT2D eigenvalue weighted by atomic mass is 16.6. The van der Waals surface area contributed by atoms with Gasteiger partial charge in [-0.25, -0.2) is 19.2 Å². The van der Waals surface area contributed by atoms with Crippen molar-refractivity contribution in [2.75, 3.05) is 86.7 Å². The molecule has 0 aromatic heterocycles. The average molecular weight is 630 g/mol. The minimum atomic E-state index is -0.597. The number of esters is 4. The molecule has 252 valence electrons. The van der Waals surface area contributed by atoms with E-state index in [1.54, 1.807) is 20.8 Å². The molecule has 0 heterocycles. The van der Waals surface area contributed by atoms with Crippen molar-refractivity contribution in [3.05, 3.63) is 48.6 Å². The van der Waals surface area contributed by atoms with E-state index in [4.69, 9.17) is 33.5 Å². The van der Waals surface area contributed by atoms with E-state index >= 15 is 0 Å². The summed E-state index contributed by atoms with van der Waals surface area (Å²) in [6, 6.07) is 0. The van der Waals surface area contributed by atoms with Crippen molar-refractivity contribution in [1.29, 1.82) is 0 Å². The molecule has 0 aliphatic carbocycles. The summed E-state index contributed by atoms with van der Waals surface area (Å²) in [5.41, 5.74) is 1.20. The Morgan fingerprint density at radius 1 is 0.636 bits per heavy atom. The molecule has 13 nitrogen and oxygen atoms in total. The average Bonchev–Trinajstić information content (AvgIpc) is 2.96. The van der Waals surface area contributed by atoms with E-state index in [2.05, 4.69) is 31.1 Å². The summed E-state index contributed by atoms with van der Waals surface area (Å²) >= 11 is 0. The normalized spacial score (nSPS) is 11.0. The minimum absolute atomic E-state index is 0.0451. The smallest absolute Gasteiger partial charge is 0.333 e. The van der Waals surface area contributed by atoms with Gasteiger partial charge in [0.2, 0.25) is 0 Å². The van der Waals surface area contributed by atoms with Crippen LogP contribution < -0.4 is 0 Å². The van der Waals surface area contributed by atoms with Gasteiger partial charge in [-0.1, -0.05) is 26.3 Å². The van der Waals surface area contributed by atoms with E-state index in [0.29, 0.717) is 37.3 Å². The number of hydrogen-bond donors (Lipinski definition) is 1. The van der Waals surface area contributed by atoms with Crippen LogP contribution in [0.4, 0.5) is 0 Å². The van der Waals surface area contributed by atoms with Crippen LogP contribution in [0.3, 0.4) is 0 Å². The van der Waals surface area contributed by atoms with Gasteiger partial charge in [-0.2, -0.15) is 0 Å². The first-order chi connectivity index (χ1) is 20.7. The van der Waals surface area contributed by atoms with Crippen molar-refractivity contribution in [2.24, 2.45) is 0 Å². The van der Waals surface area contributed by atoms with Gasteiger partial charge in [-0.3, -0.25) is 0 Å². The van der Waals surface area contributed by atoms with Gasteiger partial charge in [-0.05, 0) is 34.9 Å². The molecule has 13 heteroatoms. The molecule has 0 aliphatic heterocycles. The molecule has 44 heavy (non-hydrogen) atoms. The van der Waals surface area contributed by atoms with Crippen LogP contribution in [-0.4, -0.2) is 127 Å². The third-order valence-corrected chi connectivity index (χ3v) is 4.93. The first-order valence-electron chi connectivity index (χ1n) is 14.1. The highest BCUT2D eigenvalue weighted by molar-refractivity contribution is 5.88. The maximum atomic E-state index is 12.1. The van der Waals surface area contributed by atoms with Crippen LogP contribution in [0.15, 0.2) is 48.6 Å². The molecule has 1 unspecified atom stereocenters. The number of aliphatic hydroxyl groups excluding tert-OH is 1. The molecule has 0 saturated carbocycles. The van der Waals surface area contributed by atoms with E-state index in [-0.39, 0.29) is 70.4 Å². The third kappa shape index (κ3) is 26.3. The zero-order valence-electron chi connectivity index (χ0n) is 27.0. The Morgan fingerprint density at radius 2 is 1.09 bits per heavy atom. The van der Waals surface area contributed by atoms with E-state index < -0.39 is 30.0 Å². The second-order valence-corrected chi connectivity index (χ2v) is 9.75. The maximum absolute atomic E-state index is 12.1. The summed E-state index contributed by atoms with van der Waals surface area (Å²) in [6.07, 6.45) is 0.0232. The SMILES string of the molecule is C=C(C)C(=O)OCCCO.C=C(C)C(=O)OCCOCCOCCOC(COC(=O)C(=C)C)CC(=C)C(=O)OCCN(C)C. The van der Waals surface area contributed by atoms with E-state index in [1.807, 2.05) is 19.0 Å². The lowest BCUT2D eigenvalue weighted by molar-refractivity contribution is -0.144. The fourth-order valence-electron chi connectivity index (χ4n) is 2.50. The van der Waals surface area contributed by atoms with Crippen LogP contribution >= 0.6 is 0 Å². The van der Waals surface area contributed by atoms with Crippen LogP contribution in [0.5, 0.6) is 0 Å². The van der Waals surface area contributed by atoms with Crippen LogP contribution in [0.2, 0.25) is 0 Å². The molecule has 1 N–H and O–H groups in total. The molecular weight excluding hydrogens is 578 g/mol. The van der Waals surface area contributed by atoms with Crippen molar-refractivity contribution in [3.63, 3.8) is 0 Å². The van der Waals surface area contributed by atoms with Gasteiger partial charge >= 0.3 is 23.9 Å². The van der Waals surface area contributed by atoms with Crippen LogP contribution in [0, 0.1) is 0 Å². The lowest BCUT2D eigenvalue weighted by atomic mass is 10.1. The largest absolute Gasteiger partial charge is 0.462 e. The molecule has 0 aliphatic rings. The number of carbonyl (C=O) groups is 4. The minimum Gasteiger partial charge on any atom is -0.462 e. The van der Waals surface area contributed by atoms with Gasteiger partial charge in [0.1, 0.15) is 19.8 Å². The highest BCUT2D eigenvalue weighted by Crippen LogP contribution is 2.11. The maximum Gasteiger partial charge on any atom is 0.333 e. The number of carbonyl (C=O) groups excluding carboxylic acids is 4. The van der Waals surface area contributed by atoms with Crippen molar-refractivity contribution >= 4 is 23.9 Å². The molecule has 1 atom stereocenters. The Balaban J connectivity index is 0. The summed E-state index contributed by atoms with van der Waals surface area (Å²) in [5, 5.41) is 8.30. The first-order valence-corrected chi connectivity index (χ1v) is 14.1. The fourth-order valence-corrected chi connectivity index (χ4v) is 2.50. The number of nitrogens with zero attached hydrogens (tertiary/aromatic N) is 1. The Morgan fingerprint density at radius 3 is 1.59 bits per heavy atom. The summed E-state index contributed by atoms with van der Waals surface area (Å²) in [4.78, 5) is 47.5. The lowest BCUT2D eigenvalue weighted by Crippen LogP contribution is -2.27. The molecule has 0 aromatic carbocycles. The predicted molar refractivity (Wildman–Crippen MR) is 164 cm³/mol. The molecule has 0 fully saturated rings. The topological polar surface area (TPSA) is 156 Å². The van der Waals surface area contributed by atoms with Gasteiger partial charge < -0.3 is 43.2 Å². The number of aliphatic hydroxyl groups is 1. The fraction of sp³-hybridized carbons (Fsp3) is 0.613. The highest BCUT2D eigenvalue weighted by Gasteiger charge is 2.19. The van der Waals surface area contributed by atoms with Crippen molar-refractivity contribution in [2.45, 2.75) is 39.7 Å². The third-order valence-electron chi connectivity index (χ3n) is 4.93. The zero-order chi connectivity index (χ0) is 33.9. The molecule has 0 aromatic rings. The first kappa shape index (κ1) is 42.8. The van der Waals surface area contributed by atoms with Gasteiger partial charge in [0.25, 0.3) is 0 Å². The van der Waals surface area contributed by atoms with Crippen molar-refractivity contribution in [3.8, 4) is 0 Å². The quantitative estimate of drug-likeness (QED) is 0.0718. The molecule has 0 spiro atoms. The van der Waals surface area contributed by atoms with Crippen LogP contribution in [-0.2, 0) is 52.3 Å². The van der Waals surface area contributed by atoms with Gasteiger partial charge in [0.05, 0.1) is 45.7 Å². The van der Waals surface area contributed by atoms with Gasteiger partial charge in [0, 0.05) is 48.3 Å². The second-order valence-electron chi connectivity index (χ2n) is 9.75. The second kappa shape index (κ2) is 27.2. The number of rotatable bonds is 24. The van der Waals surface area contributed by atoms with E-state index in [0.717, 1.165) is 0 Å². The summed E-state index contributed by atoms with van der Waals surface area (Å²) in [7, 11) is 3.75. The Labute approximate surface area is 261 Å². The molecule has 0 rings (SSSR count). The van der Waals surface area contributed by atoms with E-state index in [9.17, 15) is 19.2 Å². The van der Waals surface area contributed by atoms with Gasteiger partial charge in [-0.15, -0.1) is 0 Å². The number of likely N-dealkylation sites (N-methyl/N-ethyl adjacent to an activating group) is 1. The van der Waals surface area contributed by atoms with Crippen LogP contribution in [0.25, 0.3) is 0 Å². The lowest BCUT2D eigenvalue weighted by Gasteiger charge is -2.19. The standard InChI is InChI=1S/C24H39NO9.C7H12O3/c1-18(2)22(26)33-15-13-30-11-10-29-12-14-31-21(17-34-23(27)19(3)4)16-20(5)24(28)32-9-8-25(6)7;1-6(2)7(9)10-5-3-4-8/h21H,1,3,5,8-17H2,2,4,6-7H3;8H,1,3-5H2,2H3. The summed E-state index contributed by atoms with van der Waals surface area (Å²) < 4.78 is 36.3. The van der Waals surface area contributed by atoms with Gasteiger partial charge in [0.15, 0.2) is 0 Å². The molecule has 0 radical (unpaired) electrons. The Kier molecular flexibility index (Phi) is 26.4. The number of hydrogen-bond acceptors (Lipinski definition) is 13. The van der Waals surface area contributed by atoms with Crippen molar-refractivity contribution in [1.82, 2.24) is 4.90 Å². The summed E-state index contributed by atoms with van der Waals surface area (Å²) in [5.74, 6) is -1.92. The molecule has 0 saturated heterocycles. The molecule has 0 amide bonds. The summed E-state index contributed by atoms with van der Waals surface area (Å²) in [6.45, 7) is 21.5. The monoisotopic (exact) mass is 629 g/mol. The molecular formula is C31H51NO12. The zero-order valence-corrected chi connectivity index (χ0v) is 27.0.